The Morgan fingerprint density at radius 2 is 1.57 bits per heavy atom. The number of nitrogens with zero attached hydrogens (tertiary/aromatic N) is 2. The van der Waals surface area contributed by atoms with E-state index < -0.39 is 0 Å². The van der Waals surface area contributed by atoms with Gasteiger partial charge in [0.2, 0.25) is 0 Å². The molecule has 0 N–H and O–H groups in total. The number of aryl methyl sites for hydroxylation is 3. The second kappa shape index (κ2) is 10.4. The van der Waals surface area contributed by atoms with Gasteiger partial charge in [-0.05, 0) is 67.3 Å². The summed E-state index contributed by atoms with van der Waals surface area (Å²) in [5, 5.41) is 1.44. The predicted octanol–water partition coefficient (Wildman–Crippen LogP) is 6.67. The Bertz CT molecular complexity index is 1400. The molecule has 0 aliphatic carbocycles. The normalized spacial score (nSPS) is 10.9. The van der Waals surface area contributed by atoms with Gasteiger partial charge in [0, 0.05) is 29.6 Å². The van der Waals surface area contributed by atoms with Crippen LogP contribution in [0.25, 0.3) is 10.9 Å². The van der Waals surface area contributed by atoms with Crippen molar-refractivity contribution in [1.29, 1.82) is 0 Å². The Kier molecular flexibility index (Phi) is 7.27. The van der Waals surface area contributed by atoms with Gasteiger partial charge in [0.15, 0.2) is 11.5 Å². The van der Waals surface area contributed by atoms with E-state index in [1.807, 2.05) is 62.4 Å². The van der Waals surface area contributed by atoms with Crippen molar-refractivity contribution >= 4 is 28.4 Å². The zero-order valence-electron chi connectivity index (χ0n) is 20.7. The molecule has 1 aromatic heterocycles. The summed E-state index contributed by atoms with van der Waals surface area (Å²) >= 11 is 6.66. The molecule has 4 aromatic rings. The molecule has 6 heteroatoms. The maximum atomic E-state index is 13.8. The molecule has 0 atom stereocenters. The lowest BCUT2D eigenvalue weighted by Crippen LogP contribution is -2.31. The third-order valence-corrected chi connectivity index (χ3v) is 6.60. The minimum absolute atomic E-state index is 0.0741. The fraction of sp³-hybridized carbons (Fsp3) is 0.241. The maximum Gasteiger partial charge on any atom is 0.254 e. The first-order valence-electron chi connectivity index (χ1n) is 11.4. The molecule has 0 unspecified atom stereocenters. The molecule has 5 nitrogen and oxygen atoms in total. The maximum absolute atomic E-state index is 13.8. The van der Waals surface area contributed by atoms with Gasteiger partial charge in [-0.15, -0.1) is 0 Å². The summed E-state index contributed by atoms with van der Waals surface area (Å²) in [7, 11) is 3.20. The molecule has 0 radical (unpaired) electrons. The lowest BCUT2D eigenvalue weighted by atomic mass is 10.0. The topological polar surface area (TPSA) is 51.7 Å². The number of halogens is 1. The van der Waals surface area contributed by atoms with Crippen molar-refractivity contribution in [3.05, 3.63) is 99.2 Å². The predicted molar refractivity (Wildman–Crippen MR) is 141 cm³/mol. The van der Waals surface area contributed by atoms with E-state index in [-0.39, 0.29) is 5.91 Å². The van der Waals surface area contributed by atoms with Crippen molar-refractivity contribution in [2.75, 3.05) is 14.2 Å². The molecule has 0 spiro atoms. The summed E-state index contributed by atoms with van der Waals surface area (Å²) in [5.74, 6) is 1.18. The summed E-state index contributed by atoms with van der Waals surface area (Å²) in [6, 6.07) is 19.5. The first-order valence-corrected chi connectivity index (χ1v) is 11.8. The lowest BCUT2D eigenvalue weighted by Gasteiger charge is -2.25. The fourth-order valence-corrected chi connectivity index (χ4v) is 4.45. The van der Waals surface area contributed by atoms with Gasteiger partial charge < -0.3 is 14.4 Å². The highest BCUT2D eigenvalue weighted by Gasteiger charge is 2.21. The molecule has 180 valence electrons. The molecule has 1 amide bonds. The number of benzene rings is 3. The number of carbonyl (C=O) groups excluding carboxylic acids is 1. The minimum Gasteiger partial charge on any atom is -0.493 e. The Balaban J connectivity index is 1.76. The van der Waals surface area contributed by atoms with E-state index in [1.54, 1.807) is 19.1 Å². The van der Waals surface area contributed by atoms with E-state index in [4.69, 9.17) is 21.1 Å². The zero-order chi connectivity index (χ0) is 25.1. The van der Waals surface area contributed by atoms with E-state index in [2.05, 4.69) is 24.0 Å². The second-order valence-electron chi connectivity index (χ2n) is 8.70. The molecule has 0 saturated heterocycles. The van der Waals surface area contributed by atoms with Gasteiger partial charge in [0.25, 0.3) is 5.91 Å². The third kappa shape index (κ3) is 5.10. The second-order valence-corrected chi connectivity index (χ2v) is 9.06. The molecule has 3 aromatic carbocycles. The molecule has 0 saturated carbocycles. The number of amides is 1. The Morgan fingerprint density at radius 3 is 2.29 bits per heavy atom. The molecular weight excluding hydrogens is 460 g/mol. The van der Waals surface area contributed by atoms with Crippen LogP contribution in [0.2, 0.25) is 5.15 Å². The molecule has 0 aliphatic rings. The fourth-order valence-electron chi connectivity index (χ4n) is 4.25. The van der Waals surface area contributed by atoms with Crippen LogP contribution in [0.4, 0.5) is 0 Å². The molecule has 0 bridgehead atoms. The highest BCUT2D eigenvalue weighted by Crippen LogP contribution is 2.30. The van der Waals surface area contributed by atoms with Crippen LogP contribution in [0.15, 0.2) is 60.7 Å². The van der Waals surface area contributed by atoms with Gasteiger partial charge in [-0.2, -0.15) is 0 Å². The largest absolute Gasteiger partial charge is 0.493 e. The number of hydrogen-bond donors (Lipinski definition) is 0. The number of hydrogen-bond acceptors (Lipinski definition) is 4. The summed E-state index contributed by atoms with van der Waals surface area (Å²) in [4.78, 5) is 20.2. The summed E-state index contributed by atoms with van der Waals surface area (Å²) in [6.45, 7) is 6.71. The summed E-state index contributed by atoms with van der Waals surface area (Å²) in [6.07, 6.45) is 0. The third-order valence-electron chi connectivity index (χ3n) is 6.28. The van der Waals surface area contributed by atoms with Gasteiger partial charge in [0.1, 0.15) is 5.15 Å². The highest BCUT2D eigenvalue weighted by molar-refractivity contribution is 6.30. The summed E-state index contributed by atoms with van der Waals surface area (Å²) in [5.41, 5.74) is 6.37. The first-order chi connectivity index (χ1) is 16.8. The van der Waals surface area contributed by atoms with Crippen LogP contribution in [0.3, 0.4) is 0 Å². The van der Waals surface area contributed by atoms with Crippen LogP contribution < -0.4 is 9.47 Å². The van der Waals surface area contributed by atoms with Crippen LogP contribution in [-0.4, -0.2) is 30.0 Å². The van der Waals surface area contributed by atoms with Crippen molar-refractivity contribution < 1.29 is 14.3 Å². The number of carbonyl (C=O) groups is 1. The van der Waals surface area contributed by atoms with E-state index in [9.17, 15) is 4.79 Å². The molecule has 4 rings (SSSR count). The average Bonchev–Trinajstić information content (AvgIpc) is 2.86. The van der Waals surface area contributed by atoms with Gasteiger partial charge >= 0.3 is 0 Å². The van der Waals surface area contributed by atoms with Crippen LogP contribution in [0, 0.1) is 20.8 Å². The van der Waals surface area contributed by atoms with E-state index in [1.165, 1.54) is 0 Å². The van der Waals surface area contributed by atoms with Crippen LogP contribution in [0.5, 0.6) is 11.5 Å². The number of rotatable bonds is 7. The monoisotopic (exact) mass is 488 g/mol. The highest BCUT2D eigenvalue weighted by atomic mass is 35.5. The van der Waals surface area contributed by atoms with Crippen molar-refractivity contribution in [2.24, 2.45) is 0 Å². The Labute approximate surface area is 211 Å². The van der Waals surface area contributed by atoms with Crippen molar-refractivity contribution in [3.8, 4) is 11.5 Å². The standard InChI is InChI=1S/C29H29ClN2O3/c1-18-8-6-7-9-23(18)29(33)32(16-21-12-13-25(34-4)26(14-21)35-5)17-22-15-24-19(2)10-11-20(3)27(24)31-28(22)30/h6-15H,16-17H2,1-5H3. The number of methoxy groups -OCH3 is 2. The Hall–Kier alpha value is -3.57. The van der Waals surface area contributed by atoms with E-state index in [0.29, 0.717) is 35.3 Å². The zero-order valence-corrected chi connectivity index (χ0v) is 21.4. The SMILES string of the molecule is COc1ccc(CN(Cc2cc3c(C)ccc(C)c3nc2Cl)C(=O)c2ccccc2C)cc1OC. The average molecular weight is 489 g/mol. The number of ether oxygens (including phenoxy) is 2. The number of aromatic nitrogens is 1. The van der Waals surface area contributed by atoms with Gasteiger partial charge in [-0.1, -0.05) is 48.0 Å². The molecular formula is C29H29ClN2O3. The van der Waals surface area contributed by atoms with Gasteiger partial charge in [-0.3, -0.25) is 4.79 Å². The van der Waals surface area contributed by atoms with Gasteiger partial charge in [-0.25, -0.2) is 4.98 Å². The number of fused-ring (bicyclic) bond motifs is 1. The first kappa shape index (κ1) is 24.6. The van der Waals surface area contributed by atoms with Crippen LogP contribution in [0.1, 0.15) is 38.2 Å². The molecule has 35 heavy (non-hydrogen) atoms. The summed E-state index contributed by atoms with van der Waals surface area (Å²) < 4.78 is 10.8. The van der Waals surface area contributed by atoms with E-state index in [0.717, 1.165) is 38.7 Å². The van der Waals surface area contributed by atoms with Crippen LogP contribution >= 0.6 is 11.6 Å². The van der Waals surface area contributed by atoms with Crippen molar-refractivity contribution in [2.45, 2.75) is 33.9 Å². The van der Waals surface area contributed by atoms with Crippen molar-refractivity contribution in [3.63, 3.8) is 0 Å². The van der Waals surface area contributed by atoms with Crippen molar-refractivity contribution in [1.82, 2.24) is 9.88 Å². The Morgan fingerprint density at radius 1 is 0.857 bits per heavy atom. The molecule has 1 heterocycles. The van der Waals surface area contributed by atoms with Gasteiger partial charge in [0.05, 0.1) is 19.7 Å². The minimum atomic E-state index is -0.0741. The molecule has 0 aliphatic heterocycles. The van der Waals surface area contributed by atoms with E-state index >= 15 is 0 Å². The quantitative estimate of drug-likeness (QED) is 0.272. The lowest BCUT2D eigenvalue weighted by molar-refractivity contribution is 0.0729. The number of pyridine rings is 1. The smallest absolute Gasteiger partial charge is 0.254 e. The molecule has 0 fully saturated rings. The van der Waals surface area contributed by atoms with Crippen LogP contribution in [-0.2, 0) is 13.1 Å².